The molecule has 1 aliphatic rings. The lowest BCUT2D eigenvalue weighted by molar-refractivity contribution is -0.134. The van der Waals surface area contributed by atoms with Crippen molar-refractivity contribution in [1.82, 2.24) is 4.31 Å². The molecule has 0 atom stereocenters. The highest BCUT2D eigenvalue weighted by atomic mass is 32.2. The van der Waals surface area contributed by atoms with Crippen LogP contribution in [0.15, 0.2) is 53.4 Å². The minimum absolute atomic E-state index is 0.210. The van der Waals surface area contributed by atoms with Gasteiger partial charge in [-0.2, -0.15) is 4.31 Å². The summed E-state index contributed by atoms with van der Waals surface area (Å²) in [7, 11) is -3.76. The first-order valence-corrected chi connectivity index (χ1v) is 11.8. The SMILES string of the molecule is CSc1cccc(-c2ccc(C3=CCN(S(=O)(=O)CC(=O)O)CC3)cc2C)c1. The molecule has 1 heterocycles. The maximum atomic E-state index is 12.1. The number of carbonyl (C=O) groups is 1. The maximum Gasteiger partial charge on any atom is 0.320 e. The fourth-order valence-corrected chi connectivity index (χ4v) is 5.02. The van der Waals surface area contributed by atoms with Crippen LogP contribution in [0.4, 0.5) is 0 Å². The molecule has 0 radical (unpaired) electrons. The molecule has 2 aromatic rings. The van der Waals surface area contributed by atoms with Crippen molar-refractivity contribution in [3.63, 3.8) is 0 Å². The summed E-state index contributed by atoms with van der Waals surface area (Å²) in [6.45, 7) is 2.59. The number of hydrogen-bond donors (Lipinski definition) is 1. The Bertz CT molecular complexity index is 1030. The Kier molecular flexibility index (Phi) is 6.27. The molecule has 5 nitrogen and oxygen atoms in total. The highest BCUT2D eigenvalue weighted by molar-refractivity contribution is 7.98. The molecule has 0 aliphatic carbocycles. The number of sulfonamides is 1. The molecule has 1 aliphatic heterocycles. The molecule has 0 spiro atoms. The van der Waals surface area contributed by atoms with Gasteiger partial charge in [0.2, 0.25) is 10.0 Å². The Morgan fingerprint density at radius 1 is 1.18 bits per heavy atom. The van der Waals surface area contributed by atoms with Crippen molar-refractivity contribution in [3.05, 3.63) is 59.7 Å². The summed E-state index contributed by atoms with van der Waals surface area (Å²) in [4.78, 5) is 12.0. The van der Waals surface area contributed by atoms with E-state index in [2.05, 4.69) is 55.6 Å². The lowest BCUT2D eigenvalue weighted by atomic mass is 9.93. The Morgan fingerprint density at radius 3 is 2.57 bits per heavy atom. The minimum Gasteiger partial charge on any atom is -0.480 e. The molecule has 2 aromatic carbocycles. The number of thioether (sulfide) groups is 1. The largest absolute Gasteiger partial charge is 0.480 e. The van der Waals surface area contributed by atoms with E-state index >= 15 is 0 Å². The van der Waals surface area contributed by atoms with Crippen molar-refractivity contribution in [3.8, 4) is 11.1 Å². The van der Waals surface area contributed by atoms with Gasteiger partial charge in [-0.25, -0.2) is 8.42 Å². The molecule has 28 heavy (non-hydrogen) atoms. The average Bonchev–Trinajstić information content (AvgIpc) is 2.67. The summed E-state index contributed by atoms with van der Waals surface area (Å²) in [5.41, 5.74) is 5.70. The number of carboxylic acid groups (broad SMARTS) is 1. The first-order chi connectivity index (χ1) is 13.3. The monoisotopic (exact) mass is 417 g/mol. The van der Waals surface area contributed by atoms with Gasteiger partial charge in [-0.05, 0) is 59.6 Å². The van der Waals surface area contributed by atoms with E-state index < -0.39 is 21.7 Å². The zero-order chi connectivity index (χ0) is 20.3. The first kappa shape index (κ1) is 20.6. The second-order valence-electron chi connectivity index (χ2n) is 6.75. The van der Waals surface area contributed by atoms with Crippen molar-refractivity contribution in [1.29, 1.82) is 0 Å². The molecule has 0 unspecified atom stereocenters. The van der Waals surface area contributed by atoms with Gasteiger partial charge in [0, 0.05) is 18.0 Å². The quantitative estimate of drug-likeness (QED) is 0.722. The van der Waals surface area contributed by atoms with Gasteiger partial charge in [-0.1, -0.05) is 36.4 Å². The van der Waals surface area contributed by atoms with E-state index in [-0.39, 0.29) is 6.54 Å². The number of nitrogens with zero attached hydrogens (tertiary/aromatic N) is 1. The minimum atomic E-state index is -3.76. The summed E-state index contributed by atoms with van der Waals surface area (Å²) >= 11 is 1.72. The lowest BCUT2D eigenvalue weighted by Gasteiger charge is -2.25. The number of carboxylic acids is 1. The first-order valence-electron chi connectivity index (χ1n) is 8.94. The van der Waals surface area contributed by atoms with Gasteiger partial charge in [0.15, 0.2) is 5.75 Å². The number of rotatable bonds is 6. The van der Waals surface area contributed by atoms with E-state index in [1.165, 1.54) is 20.3 Å². The summed E-state index contributed by atoms with van der Waals surface area (Å²) in [6, 6.07) is 14.7. The lowest BCUT2D eigenvalue weighted by Crippen LogP contribution is -2.38. The second kappa shape index (κ2) is 8.51. The van der Waals surface area contributed by atoms with Gasteiger partial charge < -0.3 is 5.11 Å². The molecule has 7 heteroatoms. The van der Waals surface area contributed by atoms with Crippen LogP contribution < -0.4 is 0 Å². The maximum absolute atomic E-state index is 12.1. The van der Waals surface area contributed by atoms with E-state index in [1.807, 2.05) is 6.08 Å². The van der Waals surface area contributed by atoms with Gasteiger partial charge in [0.25, 0.3) is 0 Å². The van der Waals surface area contributed by atoms with Crippen LogP contribution in [0.1, 0.15) is 17.5 Å². The van der Waals surface area contributed by atoms with Gasteiger partial charge in [-0.15, -0.1) is 11.8 Å². The third-order valence-corrected chi connectivity index (χ3v) is 7.30. The van der Waals surface area contributed by atoms with Crippen molar-refractivity contribution in [2.24, 2.45) is 0 Å². The molecule has 0 aromatic heterocycles. The Morgan fingerprint density at radius 2 is 1.96 bits per heavy atom. The van der Waals surface area contributed by atoms with Crippen molar-refractivity contribution >= 4 is 33.3 Å². The van der Waals surface area contributed by atoms with E-state index in [1.54, 1.807) is 11.8 Å². The molecule has 1 N–H and O–H groups in total. The van der Waals surface area contributed by atoms with Gasteiger partial charge >= 0.3 is 5.97 Å². The fourth-order valence-electron chi connectivity index (χ4n) is 3.39. The zero-order valence-electron chi connectivity index (χ0n) is 15.9. The molecular weight excluding hydrogens is 394 g/mol. The van der Waals surface area contributed by atoms with Crippen LogP contribution >= 0.6 is 11.8 Å². The molecule has 3 rings (SSSR count). The highest BCUT2D eigenvalue weighted by Gasteiger charge is 2.26. The number of benzene rings is 2. The molecule has 0 saturated carbocycles. The Balaban J connectivity index is 1.80. The molecule has 0 fully saturated rings. The van der Waals surface area contributed by atoms with Gasteiger partial charge in [0.1, 0.15) is 0 Å². The van der Waals surface area contributed by atoms with Crippen molar-refractivity contribution in [2.45, 2.75) is 18.2 Å². The van der Waals surface area contributed by atoms with Crippen LogP contribution in [0.25, 0.3) is 16.7 Å². The average molecular weight is 418 g/mol. The Labute approximate surface area is 170 Å². The Hall–Kier alpha value is -2.09. The highest BCUT2D eigenvalue weighted by Crippen LogP contribution is 2.31. The van der Waals surface area contributed by atoms with Crippen LogP contribution in [-0.2, 0) is 14.8 Å². The molecule has 0 bridgehead atoms. The number of aryl methyl sites for hydroxylation is 1. The molecule has 0 amide bonds. The van der Waals surface area contributed by atoms with E-state index in [0.717, 1.165) is 16.7 Å². The van der Waals surface area contributed by atoms with Crippen LogP contribution in [0.2, 0.25) is 0 Å². The number of aliphatic carboxylic acids is 1. The second-order valence-corrected chi connectivity index (χ2v) is 9.60. The zero-order valence-corrected chi connectivity index (χ0v) is 17.5. The third kappa shape index (κ3) is 4.66. The number of hydrogen-bond acceptors (Lipinski definition) is 4. The van der Waals surface area contributed by atoms with Crippen molar-refractivity contribution < 1.29 is 18.3 Å². The molecule has 0 saturated heterocycles. The third-order valence-electron chi connectivity index (χ3n) is 4.85. The van der Waals surface area contributed by atoms with Gasteiger partial charge in [0.05, 0.1) is 0 Å². The summed E-state index contributed by atoms with van der Waals surface area (Å²) in [5, 5.41) is 8.77. The predicted molar refractivity (Wildman–Crippen MR) is 114 cm³/mol. The van der Waals surface area contributed by atoms with Gasteiger partial charge in [-0.3, -0.25) is 4.79 Å². The smallest absolute Gasteiger partial charge is 0.320 e. The van der Waals surface area contributed by atoms with Crippen LogP contribution in [0.5, 0.6) is 0 Å². The summed E-state index contributed by atoms with van der Waals surface area (Å²) in [6.07, 6.45) is 4.51. The van der Waals surface area contributed by atoms with Crippen LogP contribution in [0, 0.1) is 6.92 Å². The normalized spacial score (nSPS) is 15.3. The van der Waals surface area contributed by atoms with E-state index in [0.29, 0.717) is 13.0 Å². The molecule has 148 valence electrons. The van der Waals surface area contributed by atoms with E-state index in [9.17, 15) is 13.2 Å². The predicted octanol–water partition coefficient (Wildman–Crippen LogP) is 3.89. The van der Waals surface area contributed by atoms with E-state index in [4.69, 9.17) is 5.11 Å². The van der Waals surface area contributed by atoms with Crippen molar-refractivity contribution in [2.75, 3.05) is 25.1 Å². The summed E-state index contributed by atoms with van der Waals surface area (Å²) in [5.74, 6) is -2.19. The topological polar surface area (TPSA) is 74.7 Å². The summed E-state index contributed by atoms with van der Waals surface area (Å²) < 4.78 is 25.4. The molecular formula is C21H23NO4S2. The van der Waals surface area contributed by atoms with Crippen LogP contribution in [-0.4, -0.2) is 48.9 Å². The standard InChI is InChI=1S/C21H23NO4S2/c1-15-12-17(6-7-20(15)18-4-3-5-19(13-18)27-2)16-8-10-22(11-9-16)28(25,26)14-21(23)24/h3-8,12-13H,9-11,14H2,1-2H3,(H,23,24). The fraction of sp³-hybridized carbons (Fsp3) is 0.286. The van der Waals surface area contributed by atoms with Crippen LogP contribution in [0.3, 0.4) is 0 Å².